The summed E-state index contributed by atoms with van der Waals surface area (Å²) < 4.78 is 1.68. The summed E-state index contributed by atoms with van der Waals surface area (Å²) in [6.07, 6.45) is 0. The number of aryl methyl sites for hydroxylation is 3. The van der Waals surface area contributed by atoms with Crippen LogP contribution in [0.4, 0.5) is 0 Å². The highest BCUT2D eigenvalue weighted by molar-refractivity contribution is 5.92. The molecule has 0 bridgehead atoms. The summed E-state index contributed by atoms with van der Waals surface area (Å²) in [5, 5.41) is 4.27. The quantitative estimate of drug-likeness (QED) is 0.870. The van der Waals surface area contributed by atoms with Gasteiger partial charge in [-0.3, -0.25) is 14.4 Å². The third-order valence-electron chi connectivity index (χ3n) is 4.54. The lowest BCUT2D eigenvalue weighted by Gasteiger charge is -2.35. The summed E-state index contributed by atoms with van der Waals surface area (Å²) in [7, 11) is 1.83. The number of rotatable bonds is 3. The molecule has 0 spiro atoms. The fourth-order valence-corrected chi connectivity index (χ4v) is 3.11. The van der Waals surface area contributed by atoms with Gasteiger partial charge in [-0.05, 0) is 31.0 Å². The molecule has 0 aliphatic carbocycles. The smallest absolute Gasteiger partial charge is 0.272 e. The van der Waals surface area contributed by atoms with Crippen molar-refractivity contribution in [1.29, 1.82) is 0 Å². The lowest BCUT2D eigenvalue weighted by molar-refractivity contribution is 0.0617. The summed E-state index contributed by atoms with van der Waals surface area (Å²) in [5.74, 6) is 0.0867. The minimum absolute atomic E-state index is 0.0867. The Balaban J connectivity index is 1.59. The van der Waals surface area contributed by atoms with Crippen molar-refractivity contribution in [3.05, 3.63) is 52.8 Å². The van der Waals surface area contributed by atoms with E-state index in [9.17, 15) is 4.79 Å². The highest BCUT2D eigenvalue weighted by Crippen LogP contribution is 2.14. The van der Waals surface area contributed by atoms with Crippen LogP contribution >= 0.6 is 0 Å². The molecule has 0 atom stereocenters. The molecule has 1 aromatic carbocycles. The van der Waals surface area contributed by atoms with Gasteiger partial charge in [0.05, 0.1) is 5.69 Å². The number of carbonyl (C=O) groups is 1. The van der Waals surface area contributed by atoms with Crippen molar-refractivity contribution in [3.63, 3.8) is 0 Å². The van der Waals surface area contributed by atoms with Crippen LogP contribution in [0.15, 0.2) is 30.3 Å². The van der Waals surface area contributed by atoms with Crippen molar-refractivity contribution in [3.8, 4) is 0 Å². The Bertz CT molecular complexity index is 699. The second kappa shape index (κ2) is 6.54. The first-order chi connectivity index (χ1) is 11.0. The molecule has 1 saturated heterocycles. The molecule has 2 aromatic rings. The number of carbonyl (C=O) groups excluding carboxylic acids is 1. The van der Waals surface area contributed by atoms with Crippen LogP contribution in [0.25, 0.3) is 0 Å². The lowest BCUT2D eigenvalue weighted by Crippen LogP contribution is -2.48. The summed E-state index contributed by atoms with van der Waals surface area (Å²) in [6, 6.07) is 10.4. The average Bonchev–Trinajstić information content (AvgIpc) is 2.88. The molecule has 1 aliphatic heterocycles. The molecule has 3 rings (SSSR count). The van der Waals surface area contributed by atoms with Gasteiger partial charge in [0.25, 0.3) is 5.91 Å². The molecule has 1 fully saturated rings. The second-order valence-electron chi connectivity index (χ2n) is 6.29. The molecule has 5 heteroatoms. The first-order valence-corrected chi connectivity index (χ1v) is 8.11. The van der Waals surface area contributed by atoms with E-state index in [4.69, 9.17) is 0 Å². The van der Waals surface area contributed by atoms with E-state index in [2.05, 4.69) is 41.2 Å². The number of aromatic nitrogens is 2. The predicted molar refractivity (Wildman–Crippen MR) is 90.3 cm³/mol. The van der Waals surface area contributed by atoms with Gasteiger partial charge in [0.15, 0.2) is 0 Å². The minimum Gasteiger partial charge on any atom is -0.335 e. The van der Waals surface area contributed by atoms with Gasteiger partial charge >= 0.3 is 0 Å². The molecular weight excluding hydrogens is 288 g/mol. The largest absolute Gasteiger partial charge is 0.335 e. The zero-order valence-electron chi connectivity index (χ0n) is 14.1. The Labute approximate surface area is 137 Å². The molecule has 0 unspecified atom stereocenters. The van der Waals surface area contributed by atoms with Gasteiger partial charge in [-0.2, -0.15) is 5.10 Å². The topological polar surface area (TPSA) is 41.4 Å². The van der Waals surface area contributed by atoms with Crippen LogP contribution in [0, 0.1) is 13.8 Å². The second-order valence-corrected chi connectivity index (χ2v) is 6.29. The lowest BCUT2D eigenvalue weighted by atomic mass is 10.1. The maximum absolute atomic E-state index is 12.6. The van der Waals surface area contributed by atoms with E-state index in [0.717, 1.165) is 38.4 Å². The SMILES string of the molecule is Cc1cc(C(=O)N2CCN(Cc3ccccc3C)CC2)n(C)n1. The van der Waals surface area contributed by atoms with Crippen molar-refractivity contribution in [2.75, 3.05) is 26.2 Å². The molecule has 122 valence electrons. The minimum atomic E-state index is 0.0867. The molecule has 1 amide bonds. The standard InChI is InChI=1S/C18H24N4O/c1-14-6-4-5-7-16(14)13-21-8-10-22(11-9-21)18(23)17-12-15(2)19-20(17)3/h4-7,12H,8-11,13H2,1-3H3. The maximum Gasteiger partial charge on any atom is 0.272 e. The van der Waals surface area contributed by atoms with Crippen LogP contribution in [0.5, 0.6) is 0 Å². The number of hydrogen-bond donors (Lipinski definition) is 0. The molecule has 0 N–H and O–H groups in total. The number of hydrogen-bond acceptors (Lipinski definition) is 3. The Hall–Kier alpha value is -2.14. The first kappa shape index (κ1) is 15.7. The first-order valence-electron chi connectivity index (χ1n) is 8.11. The maximum atomic E-state index is 12.6. The third-order valence-corrected chi connectivity index (χ3v) is 4.54. The Morgan fingerprint density at radius 1 is 1.13 bits per heavy atom. The van der Waals surface area contributed by atoms with Crippen molar-refractivity contribution in [2.24, 2.45) is 7.05 Å². The van der Waals surface area contributed by atoms with E-state index < -0.39 is 0 Å². The molecule has 2 heterocycles. The zero-order chi connectivity index (χ0) is 16.4. The molecule has 5 nitrogen and oxygen atoms in total. The number of amides is 1. The summed E-state index contributed by atoms with van der Waals surface area (Å²) >= 11 is 0. The molecule has 0 radical (unpaired) electrons. The molecular formula is C18H24N4O. The van der Waals surface area contributed by atoms with Gasteiger partial charge in [-0.25, -0.2) is 0 Å². The fourth-order valence-electron chi connectivity index (χ4n) is 3.11. The van der Waals surface area contributed by atoms with Crippen molar-refractivity contribution in [2.45, 2.75) is 20.4 Å². The van der Waals surface area contributed by atoms with Gasteiger partial charge in [0.1, 0.15) is 5.69 Å². The molecule has 1 aliphatic rings. The van der Waals surface area contributed by atoms with Gasteiger partial charge in [0.2, 0.25) is 0 Å². The monoisotopic (exact) mass is 312 g/mol. The summed E-state index contributed by atoms with van der Waals surface area (Å²) in [5.41, 5.74) is 4.26. The number of piperazine rings is 1. The van der Waals surface area contributed by atoms with Gasteiger partial charge in [0, 0.05) is 39.8 Å². The summed E-state index contributed by atoms with van der Waals surface area (Å²) in [4.78, 5) is 17.0. The fraction of sp³-hybridized carbons (Fsp3) is 0.444. The van der Waals surface area contributed by atoms with Crippen LogP contribution in [0.1, 0.15) is 27.3 Å². The van der Waals surface area contributed by atoms with E-state index in [1.165, 1.54) is 11.1 Å². The van der Waals surface area contributed by atoms with Gasteiger partial charge in [-0.15, -0.1) is 0 Å². The van der Waals surface area contributed by atoms with Crippen LogP contribution < -0.4 is 0 Å². The van der Waals surface area contributed by atoms with E-state index in [1.807, 2.05) is 24.9 Å². The van der Waals surface area contributed by atoms with Gasteiger partial charge < -0.3 is 4.90 Å². The van der Waals surface area contributed by atoms with E-state index in [1.54, 1.807) is 4.68 Å². The van der Waals surface area contributed by atoms with Crippen LogP contribution in [0.2, 0.25) is 0 Å². The normalized spacial score (nSPS) is 15.9. The third kappa shape index (κ3) is 3.45. The Kier molecular flexibility index (Phi) is 4.48. The Morgan fingerprint density at radius 3 is 2.43 bits per heavy atom. The number of nitrogens with zero attached hydrogens (tertiary/aromatic N) is 4. The van der Waals surface area contributed by atoms with Gasteiger partial charge in [-0.1, -0.05) is 24.3 Å². The van der Waals surface area contributed by atoms with Crippen molar-refractivity contribution in [1.82, 2.24) is 19.6 Å². The molecule has 0 saturated carbocycles. The molecule has 1 aromatic heterocycles. The van der Waals surface area contributed by atoms with Crippen molar-refractivity contribution >= 4 is 5.91 Å². The van der Waals surface area contributed by atoms with E-state index >= 15 is 0 Å². The van der Waals surface area contributed by atoms with Crippen LogP contribution in [-0.2, 0) is 13.6 Å². The average molecular weight is 312 g/mol. The molecule has 23 heavy (non-hydrogen) atoms. The van der Waals surface area contributed by atoms with E-state index in [-0.39, 0.29) is 5.91 Å². The summed E-state index contributed by atoms with van der Waals surface area (Å²) in [6.45, 7) is 8.40. The van der Waals surface area contributed by atoms with Crippen LogP contribution in [-0.4, -0.2) is 51.7 Å². The Morgan fingerprint density at radius 2 is 1.83 bits per heavy atom. The number of benzene rings is 1. The van der Waals surface area contributed by atoms with Crippen LogP contribution in [0.3, 0.4) is 0 Å². The highest BCUT2D eigenvalue weighted by Gasteiger charge is 2.24. The highest BCUT2D eigenvalue weighted by atomic mass is 16.2. The zero-order valence-corrected chi connectivity index (χ0v) is 14.1. The van der Waals surface area contributed by atoms with Crippen molar-refractivity contribution < 1.29 is 4.79 Å². The van der Waals surface area contributed by atoms with E-state index in [0.29, 0.717) is 5.69 Å². The predicted octanol–water partition coefficient (Wildman–Crippen LogP) is 1.99.